The summed E-state index contributed by atoms with van der Waals surface area (Å²) >= 11 is 0. The van der Waals surface area contributed by atoms with Gasteiger partial charge in [-0.2, -0.15) is 0 Å². The molecule has 1 amide bonds. The second-order valence-corrected chi connectivity index (χ2v) is 6.58. The van der Waals surface area contributed by atoms with Crippen LogP contribution in [0, 0.1) is 5.92 Å². The molecule has 3 aromatic rings. The standard InChI is InChI=1S/C20H21N3O2/c1-13-11-15(9-10-25-13)20(24)21-16-6-4-5-14(12-16)19-22-17-7-2-3-8-18(17)23-19/h2-8,12-13,15H,9-11H2,1H3,(H,21,24)(H,22,23). The third kappa shape index (κ3) is 3.42. The van der Waals surface area contributed by atoms with Gasteiger partial charge in [-0.25, -0.2) is 4.98 Å². The SMILES string of the molecule is CC1CC(C(=O)Nc2cccc(-c3nc4ccccc4[nH]3)c2)CCO1. The highest BCUT2D eigenvalue weighted by Gasteiger charge is 2.25. The molecule has 2 N–H and O–H groups in total. The van der Waals surface area contributed by atoms with Gasteiger partial charge in [-0.1, -0.05) is 24.3 Å². The number of H-pyrrole nitrogens is 1. The summed E-state index contributed by atoms with van der Waals surface area (Å²) in [5.41, 5.74) is 3.68. The number of hydrogen-bond acceptors (Lipinski definition) is 3. The number of carbonyl (C=O) groups is 1. The van der Waals surface area contributed by atoms with Crippen molar-refractivity contribution in [2.75, 3.05) is 11.9 Å². The molecule has 2 atom stereocenters. The van der Waals surface area contributed by atoms with E-state index in [2.05, 4.69) is 15.3 Å². The van der Waals surface area contributed by atoms with Crippen LogP contribution in [0.25, 0.3) is 22.4 Å². The fourth-order valence-electron chi connectivity index (χ4n) is 3.31. The highest BCUT2D eigenvalue weighted by Crippen LogP contribution is 2.25. The molecule has 25 heavy (non-hydrogen) atoms. The van der Waals surface area contributed by atoms with Crippen LogP contribution in [0.3, 0.4) is 0 Å². The molecule has 0 bridgehead atoms. The Morgan fingerprint density at radius 1 is 1.24 bits per heavy atom. The molecule has 5 heteroatoms. The van der Waals surface area contributed by atoms with E-state index in [4.69, 9.17) is 4.74 Å². The van der Waals surface area contributed by atoms with Crippen molar-refractivity contribution in [1.29, 1.82) is 0 Å². The molecule has 4 rings (SSSR count). The van der Waals surface area contributed by atoms with Crippen LogP contribution in [-0.2, 0) is 9.53 Å². The number of rotatable bonds is 3. The Hall–Kier alpha value is -2.66. The van der Waals surface area contributed by atoms with Crippen LogP contribution in [0.2, 0.25) is 0 Å². The van der Waals surface area contributed by atoms with Crippen molar-refractivity contribution in [2.24, 2.45) is 5.92 Å². The second kappa shape index (κ2) is 6.69. The van der Waals surface area contributed by atoms with E-state index >= 15 is 0 Å². The Kier molecular flexibility index (Phi) is 4.24. The fourth-order valence-corrected chi connectivity index (χ4v) is 3.31. The van der Waals surface area contributed by atoms with Crippen LogP contribution >= 0.6 is 0 Å². The number of carbonyl (C=O) groups excluding carboxylic acids is 1. The number of anilines is 1. The van der Waals surface area contributed by atoms with Crippen molar-refractivity contribution in [3.05, 3.63) is 48.5 Å². The van der Waals surface area contributed by atoms with E-state index in [9.17, 15) is 4.79 Å². The van der Waals surface area contributed by atoms with Crippen molar-refractivity contribution in [1.82, 2.24) is 9.97 Å². The molecule has 5 nitrogen and oxygen atoms in total. The molecule has 1 saturated heterocycles. The van der Waals surface area contributed by atoms with Crippen molar-refractivity contribution in [3.63, 3.8) is 0 Å². The van der Waals surface area contributed by atoms with Gasteiger partial charge in [0, 0.05) is 23.8 Å². The van der Waals surface area contributed by atoms with E-state index < -0.39 is 0 Å². The third-order valence-electron chi connectivity index (χ3n) is 4.65. The lowest BCUT2D eigenvalue weighted by Crippen LogP contribution is -2.32. The molecule has 0 radical (unpaired) electrons. The third-order valence-corrected chi connectivity index (χ3v) is 4.65. The minimum absolute atomic E-state index is 0.0126. The smallest absolute Gasteiger partial charge is 0.227 e. The molecule has 128 valence electrons. The molecular weight excluding hydrogens is 314 g/mol. The van der Waals surface area contributed by atoms with Gasteiger partial charge in [0.1, 0.15) is 5.82 Å². The first-order valence-electron chi connectivity index (χ1n) is 8.67. The number of nitrogens with zero attached hydrogens (tertiary/aromatic N) is 1. The molecule has 2 aromatic carbocycles. The quantitative estimate of drug-likeness (QED) is 0.761. The number of imidazole rings is 1. The van der Waals surface area contributed by atoms with E-state index in [1.54, 1.807) is 0 Å². The Labute approximate surface area is 146 Å². The van der Waals surface area contributed by atoms with E-state index in [-0.39, 0.29) is 17.9 Å². The van der Waals surface area contributed by atoms with Crippen LogP contribution in [0.1, 0.15) is 19.8 Å². The molecule has 2 unspecified atom stereocenters. The Morgan fingerprint density at radius 3 is 2.96 bits per heavy atom. The summed E-state index contributed by atoms with van der Waals surface area (Å²) in [6.45, 7) is 2.67. The first kappa shape index (κ1) is 15.8. The van der Waals surface area contributed by atoms with Crippen molar-refractivity contribution in [2.45, 2.75) is 25.9 Å². The zero-order chi connectivity index (χ0) is 17.2. The first-order valence-corrected chi connectivity index (χ1v) is 8.67. The topological polar surface area (TPSA) is 67.0 Å². The molecule has 1 fully saturated rings. The summed E-state index contributed by atoms with van der Waals surface area (Å²) in [4.78, 5) is 20.5. The van der Waals surface area contributed by atoms with Gasteiger partial charge in [-0.05, 0) is 44.0 Å². The number of amides is 1. The Bertz CT molecular complexity index is 870. The highest BCUT2D eigenvalue weighted by atomic mass is 16.5. The van der Waals surface area contributed by atoms with Crippen LogP contribution < -0.4 is 5.32 Å². The van der Waals surface area contributed by atoms with Gasteiger partial charge in [0.2, 0.25) is 5.91 Å². The maximum absolute atomic E-state index is 12.5. The number of benzene rings is 2. The van der Waals surface area contributed by atoms with Gasteiger partial charge in [0.05, 0.1) is 17.1 Å². The molecule has 1 aromatic heterocycles. The number of aromatic nitrogens is 2. The minimum Gasteiger partial charge on any atom is -0.378 e. The molecule has 0 saturated carbocycles. The molecule has 0 aliphatic carbocycles. The van der Waals surface area contributed by atoms with E-state index in [0.29, 0.717) is 6.61 Å². The summed E-state index contributed by atoms with van der Waals surface area (Å²) in [6, 6.07) is 15.7. The maximum Gasteiger partial charge on any atom is 0.227 e. The number of fused-ring (bicyclic) bond motifs is 1. The summed E-state index contributed by atoms with van der Waals surface area (Å²) in [6.07, 6.45) is 1.69. The predicted octanol–water partition coefficient (Wildman–Crippen LogP) is 3.98. The molecule has 1 aliphatic rings. The molecule has 2 heterocycles. The number of para-hydroxylation sites is 2. The van der Waals surface area contributed by atoms with E-state index in [1.165, 1.54) is 0 Å². The van der Waals surface area contributed by atoms with Crippen molar-refractivity contribution in [3.8, 4) is 11.4 Å². The first-order chi connectivity index (χ1) is 12.2. The maximum atomic E-state index is 12.5. The lowest BCUT2D eigenvalue weighted by atomic mass is 9.95. The number of nitrogens with one attached hydrogen (secondary N) is 2. The zero-order valence-corrected chi connectivity index (χ0v) is 14.2. The van der Waals surface area contributed by atoms with Gasteiger partial charge in [-0.3, -0.25) is 4.79 Å². The van der Waals surface area contributed by atoms with Crippen molar-refractivity contribution < 1.29 is 9.53 Å². The molecule has 0 spiro atoms. The average Bonchev–Trinajstić information content (AvgIpc) is 3.06. The Morgan fingerprint density at radius 2 is 2.12 bits per heavy atom. The van der Waals surface area contributed by atoms with Gasteiger partial charge < -0.3 is 15.0 Å². The van der Waals surface area contributed by atoms with Gasteiger partial charge in [0.15, 0.2) is 0 Å². The monoisotopic (exact) mass is 335 g/mol. The number of ether oxygens (including phenoxy) is 1. The van der Waals surface area contributed by atoms with Gasteiger partial charge in [-0.15, -0.1) is 0 Å². The van der Waals surface area contributed by atoms with E-state index in [1.807, 2.05) is 55.5 Å². The summed E-state index contributed by atoms with van der Waals surface area (Å²) in [7, 11) is 0. The van der Waals surface area contributed by atoms with Gasteiger partial charge in [0.25, 0.3) is 0 Å². The van der Waals surface area contributed by atoms with Crippen molar-refractivity contribution >= 4 is 22.6 Å². The zero-order valence-electron chi connectivity index (χ0n) is 14.2. The average molecular weight is 335 g/mol. The second-order valence-electron chi connectivity index (χ2n) is 6.58. The largest absolute Gasteiger partial charge is 0.378 e. The van der Waals surface area contributed by atoms with E-state index in [0.717, 1.165) is 41.0 Å². The lowest BCUT2D eigenvalue weighted by molar-refractivity contribution is -0.124. The lowest BCUT2D eigenvalue weighted by Gasteiger charge is -2.26. The number of aromatic amines is 1. The normalized spacial score (nSPS) is 20.5. The summed E-state index contributed by atoms with van der Waals surface area (Å²) in [5.74, 6) is 0.882. The molecular formula is C20H21N3O2. The number of hydrogen-bond donors (Lipinski definition) is 2. The molecule has 1 aliphatic heterocycles. The minimum atomic E-state index is 0.0126. The summed E-state index contributed by atoms with van der Waals surface area (Å²) in [5, 5.41) is 3.04. The van der Waals surface area contributed by atoms with Crippen LogP contribution in [-0.4, -0.2) is 28.6 Å². The predicted molar refractivity (Wildman–Crippen MR) is 98.3 cm³/mol. The summed E-state index contributed by atoms with van der Waals surface area (Å²) < 4.78 is 5.52. The highest BCUT2D eigenvalue weighted by molar-refractivity contribution is 5.93. The Balaban J connectivity index is 1.54. The van der Waals surface area contributed by atoms with Crippen LogP contribution in [0.4, 0.5) is 5.69 Å². The van der Waals surface area contributed by atoms with Crippen LogP contribution in [0.5, 0.6) is 0 Å². The van der Waals surface area contributed by atoms with Crippen LogP contribution in [0.15, 0.2) is 48.5 Å². The fraction of sp³-hybridized carbons (Fsp3) is 0.300. The van der Waals surface area contributed by atoms with Gasteiger partial charge >= 0.3 is 0 Å².